The third-order valence-electron chi connectivity index (χ3n) is 4.76. The zero-order chi connectivity index (χ0) is 21.0. The lowest BCUT2D eigenvalue weighted by molar-refractivity contribution is -0.244. The summed E-state index contributed by atoms with van der Waals surface area (Å²) in [5, 5.41) is 32.6. The van der Waals surface area contributed by atoms with Crippen LogP contribution in [-0.4, -0.2) is 65.6 Å². The molecule has 156 valence electrons. The molecular weight excluding hydrogens is 378 g/mol. The summed E-state index contributed by atoms with van der Waals surface area (Å²) in [6.07, 6.45) is -4.92. The molecule has 2 aromatic carbocycles. The van der Waals surface area contributed by atoms with Crippen molar-refractivity contribution in [1.82, 2.24) is 5.32 Å². The van der Waals surface area contributed by atoms with Gasteiger partial charge in [-0.3, -0.25) is 4.79 Å². The summed E-state index contributed by atoms with van der Waals surface area (Å²) in [5.41, 5.74) is 1.59. The molecular formula is C21H25NO7. The average Bonchev–Trinajstić information content (AvgIpc) is 2.73. The molecule has 1 saturated heterocycles. The van der Waals surface area contributed by atoms with E-state index in [9.17, 15) is 20.1 Å². The number of para-hydroxylation sites is 1. The maximum atomic E-state index is 11.6. The van der Waals surface area contributed by atoms with E-state index in [0.717, 1.165) is 11.1 Å². The molecule has 1 fully saturated rings. The van der Waals surface area contributed by atoms with Gasteiger partial charge >= 0.3 is 0 Å². The van der Waals surface area contributed by atoms with Crippen LogP contribution in [0.1, 0.15) is 6.92 Å². The summed E-state index contributed by atoms with van der Waals surface area (Å²) in [5.74, 6) is 0.713. The van der Waals surface area contributed by atoms with Gasteiger partial charge in [-0.15, -0.1) is 0 Å². The normalized spacial score (nSPS) is 26.6. The van der Waals surface area contributed by atoms with Crippen molar-refractivity contribution in [1.29, 1.82) is 0 Å². The van der Waals surface area contributed by atoms with Gasteiger partial charge in [0.2, 0.25) is 12.2 Å². The van der Waals surface area contributed by atoms with Crippen LogP contribution in [-0.2, 0) is 9.53 Å². The van der Waals surface area contributed by atoms with Crippen molar-refractivity contribution in [3.8, 4) is 22.6 Å². The first-order chi connectivity index (χ1) is 13.9. The predicted molar refractivity (Wildman–Crippen MR) is 104 cm³/mol. The highest BCUT2D eigenvalue weighted by molar-refractivity contribution is 5.73. The number of hydrogen-bond acceptors (Lipinski definition) is 7. The second-order valence-corrected chi connectivity index (χ2v) is 6.78. The number of carbonyl (C=O) groups is 1. The van der Waals surface area contributed by atoms with Crippen molar-refractivity contribution < 1.29 is 34.3 Å². The van der Waals surface area contributed by atoms with E-state index in [1.54, 1.807) is 19.2 Å². The molecule has 29 heavy (non-hydrogen) atoms. The summed E-state index contributed by atoms with van der Waals surface area (Å²) in [6, 6.07) is 13.6. The lowest BCUT2D eigenvalue weighted by atomic mass is 9.96. The Hall–Kier alpha value is -2.65. The molecule has 8 heteroatoms. The molecule has 2 aromatic rings. The van der Waals surface area contributed by atoms with Crippen LogP contribution in [0.5, 0.6) is 11.5 Å². The lowest BCUT2D eigenvalue weighted by Crippen LogP contribution is -2.65. The van der Waals surface area contributed by atoms with E-state index in [1.165, 1.54) is 6.92 Å². The molecule has 0 aromatic heterocycles. The molecule has 4 N–H and O–H groups in total. The zero-order valence-corrected chi connectivity index (χ0v) is 16.2. The molecule has 1 amide bonds. The first-order valence-electron chi connectivity index (χ1n) is 9.24. The zero-order valence-electron chi connectivity index (χ0n) is 16.2. The molecule has 3 rings (SSSR count). The van der Waals surface area contributed by atoms with Crippen molar-refractivity contribution in [2.75, 3.05) is 13.7 Å². The third-order valence-corrected chi connectivity index (χ3v) is 4.76. The molecule has 1 aliphatic heterocycles. The molecule has 8 nitrogen and oxygen atoms in total. The van der Waals surface area contributed by atoms with E-state index < -0.39 is 43.2 Å². The number of amides is 1. The number of hydrogen-bond donors (Lipinski definition) is 4. The van der Waals surface area contributed by atoms with E-state index in [1.807, 2.05) is 36.4 Å². The van der Waals surface area contributed by atoms with E-state index in [4.69, 9.17) is 14.2 Å². The summed E-state index contributed by atoms with van der Waals surface area (Å²) in [7, 11) is 1.58. The van der Waals surface area contributed by atoms with Crippen molar-refractivity contribution >= 4 is 5.91 Å². The highest BCUT2D eigenvalue weighted by atomic mass is 16.7. The molecule has 5 unspecified atom stereocenters. The molecule has 0 aliphatic carbocycles. The number of rotatable bonds is 6. The number of nitrogens with one attached hydrogen (secondary N) is 1. The predicted octanol–water partition coefficient (Wildman–Crippen LogP) is 0.685. The fraction of sp³-hybridized carbons (Fsp3) is 0.381. The largest absolute Gasteiger partial charge is 0.497 e. The van der Waals surface area contributed by atoms with Crippen LogP contribution in [0, 0.1) is 0 Å². The summed E-state index contributed by atoms with van der Waals surface area (Å²) < 4.78 is 16.9. The van der Waals surface area contributed by atoms with Crippen molar-refractivity contribution in [3.63, 3.8) is 0 Å². The van der Waals surface area contributed by atoms with Gasteiger partial charge in [-0.05, 0) is 23.8 Å². The third kappa shape index (κ3) is 4.68. The standard InChI is InChI=1S/C21H25NO7/c1-12(24)22-18-20(26)19(25)17(11-23)29-21(18)28-16-9-4-3-8-15(16)13-6-5-7-14(10-13)27-2/h3-10,17-21,23,25-26H,11H2,1-2H3,(H,22,24). The second kappa shape index (κ2) is 9.23. The van der Waals surface area contributed by atoms with E-state index in [2.05, 4.69) is 5.32 Å². The smallest absolute Gasteiger partial charge is 0.223 e. The van der Waals surface area contributed by atoms with Gasteiger partial charge in [0.15, 0.2) is 0 Å². The number of aliphatic hydroxyl groups is 3. The molecule has 5 atom stereocenters. The highest BCUT2D eigenvalue weighted by Gasteiger charge is 2.46. The number of carbonyl (C=O) groups excluding carboxylic acids is 1. The Morgan fingerprint density at radius 3 is 2.59 bits per heavy atom. The molecule has 0 bridgehead atoms. The lowest BCUT2D eigenvalue weighted by Gasteiger charge is -2.42. The van der Waals surface area contributed by atoms with E-state index in [0.29, 0.717) is 11.5 Å². The molecule has 0 radical (unpaired) electrons. The monoisotopic (exact) mass is 403 g/mol. The van der Waals surface area contributed by atoms with Gasteiger partial charge in [0.1, 0.15) is 35.9 Å². The first kappa shape index (κ1) is 21.1. The summed E-state index contributed by atoms with van der Waals surface area (Å²) >= 11 is 0. The minimum absolute atomic E-state index is 0.415. The van der Waals surface area contributed by atoms with Crippen LogP contribution in [0.4, 0.5) is 0 Å². The van der Waals surface area contributed by atoms with Gasteiger partial charge < -0.3 is 34.8 Å². The van der Waals surface area contributed by atoms with Crippen LogP contribution in [0.3, 0.4) is 0 Å². The van der Waals surface area contributed by atoms with Crippen LogP contribution in [0.25, 0.3) is 11.1 Å². The van der Waals surface area contributed by atoms with Crippen LogP contribution in [0.15, 0.2) is 48.5 Å². The van der Waals surface area contributed by atoms with E-state index in [-0.39, 0.29) is 0 Å². The SMILES string of the molecule is COc1cccc(-c2ccccc2OC2OC(CO)C(O)C(O)C2NC(C)=O)c1. The van der Waals surface area contributed by atoms with Gasteiger partial charge in [0.25, 0.3) is 0 Å². The van der Waals surface area contributed by atoms with Gasteiger partial charge in [0, 0.05) is 12.5 Å². The molecule has 0 saturated carbocycles. The Labute approximate surface area is 168 Å². The Bertz CT molecular complexity index is 843. The Balaban J connectivity index is 1.93. The average molecular weight is 403 g/mol. The Morgan fingerprint density at radius 1 is 1.14 bits per heavy atom. The van der Waals surface area contributed by atoms with E-state index >= 15 is 0 Å². The maximum Gasteiger partial charge on any atom is 0.223 e. The number of methoxy groups -OCH3 is 1. The van der Waals surface area contributed by atoms with Gasteiger partial charge in [0.05, 0.1) is 13.7 Å². The number of benzene rings is 2. The van der Waals surface area contributed by atoms with Crippen LogP contribution in [0.2, 0.25) is 0 Å². The van der Waals surface area contributed by atoms with Crippen molar-refractivity contribution in [2.24, 2.45) is 0 Å². The van der Waals surface area contributed by atoms with Gasteiger partial charge in [-0.2, -0.15) is 0 Å². The van der Waals surface area contributed by atoms with Crippen LogP contribution < -0.4 is 14.8 Å². The summed E-state index contributed by atoms with van der Waals surface area (Å²) in [4.78, 5) is 11.6. The highest BCUT2D eigenvalue weighted by Crippen LogP contribution is 2.34. The second-order valence-electron chi connectivity index (χ2n) is 6.78. The minimum atomic E-state index is -1.38. The maximum absolute atomic E-state index is 11.6. The van der Waals surface area contributed by atoms with Gasteiger partial charge in [-0.25, -0.2) is 0 Å². The van der Waals surface area contributed by atoms with Crippen LogP contribution >= 0.6 is 0 Å². The topological polar surface area (TPSA) is 117 Å². The first-order valence-corrected chi connectivity index (χ1v) is 9.24. The molecule has 1 heterocycles. The molecule has 1 aliphatic rings. The van der Waals surface area contributed by atoms with Crippen molar-refractivity contribution in [3.05, 3.63) is 48.5 Å². The fourth-order valence-corrected chi connectivity index (χ4v) is 3.29. The number of ether oxygens (including phenoxy) is 3. The van der Waals surface area contributed by atoms with Gasteiger partial charge in [-0.1, -0.05) is 30.3 Å². The Morgan fingerprint density at radius 2 is 1.90 bits per heavy atom. The fourth-order valence-electron chi connectivity index (χ4n) is 3.29. The quantitative estimate of drug-likeness (QED) is 0.560. The number of aliphatic hydroxyl groups excluding tert-OH is 3. The minimum Gasteiger partial charge on any atom is -0.497 e. The summed E-state index contributed by atoms with van der Waals surface area (Å²) in [6.45, 7) is 0.779. The Kier molecular flexibility index (Phi) is 6.71. The molecule has 0 spiro atoms. The van der Waals surface area contributed by atoms with Crippen molar-refractivity contribution in [2.45, 2.75) is 37.6 Å².